The third kappa shape index (κ3) is 4.42. The van der Waals surface area contributed by atoms with E-state index in [9.17, 15) is 9.90 Å². The van der Waals surface area contributed by atoms with Crippen LogP contribution < -0.4 is 14.8 Å². The normalized spacial score (nSPS) is 13.4. The maximum atomic E-state index is 11.8. The van der Waals surface area contributed by atoms with Crippen LogP contribution in [0.2, 0.25) is 0 Å². The van der Waals surface area contributed by atoms with Crippen molar-refractivity contribution < 1.29 is 19.4 Å². The van der Waals surface area contributed by atoms with Crippen molar-refractivity contribution in [1.29, 1.82) is 0 Å². The average Bonchev–Trinajstić information content (AvgIpc) is 2.44. The van der Waals surface area contributed by atoms with E-state index in [0.717, 1.165) is 12.0 Å². The molecule has 0 heterocycles. The van der Waals surface area contributed by atoms with E-state index in [0.29, 0.717) is 18.0 Å². The lowest BCUT2D eigenvalue weighted by atomic mass is 10.1. The van der Waals surface area contributed by atoms with E-state index in [2.05, 4.69) is 5.32 Å². The van der Waals surface area contributed by atoms with Crippen molar-refractivity contribution in [1.82, 2.24) is 5.32 Å². The second kappa shape index (κ2) is 7.75. The fourth-order valence-electron chi connectivity index (χ4n) is 1.68. The molecule has 1 rings (SSSR count). The third-order valence-electron chi connectivity index (χ3n) is 2.89. The van der Waals surface area contributed by atoms with Gasteiger partial charge in [-0.2, -0.15) is 0 Å². The maximum absolute atomic E-state index is 11.8. The Morgan fingerprint density at radius 1 is 1.35 bits per heavy atom. The molecule has 5 heteroatoms. The zero-order chi connectivity index (χ0) is 15.1. The minimum Gasteiger partial charge on any atom is -0.493 e. The van der Waals surface area contributed by atoms with Gasteiger partial charge in [0.25, 0.3) is 5.91 Å². The highest BCUT2D eigenvalue weighted by Gasteiger charge is 2.17. The number of hydrogen-bond acceptors (Lipinski definition) is 4. The van der Waals surface area contributed by atoms with Gasteiger partial charge in [-0.25, -0.2) is 0 Å². The number of carbonyl (C=O) groups is 1. The number of ether oxygens (including phenoxy) is 2. The van der Waals surface area contributed by atoms with Crippen LogP contribution in [0.4, 0.5) is 0 Å². The molecular formula is C15H23NO4. The van der Waals surface area contributed by atoms with Gasteiger partial charge in [0.05, 0.1) is 13.2 Å². The molecule has 0 aliphatic rings. The number of rotatable bonds is 7. The molecule has 0 bridgehead atoms. The first-order valence-electron chi connectivity index (χ1n) is 6.80. The van der Waals surface area contributed by atoms with Crippen molar-refractivity contribution in [2.24, 2.45) is 0 Å². The van der Waals surface area contributed by atoms with Gasteiger partial charge in [0.2, 0.25) is 0 Å². The van der Waals surface area contributed by atoms with Gasteiger partial charge in [0, 0.05) is 6.54 Å². The third-order valence-corrected chi connectivity index (χ3v) is 2.89. The summed E-state index contributed by atoms with van der Waals surface area (Å²) in [6.07, 6.45) is -0.304. The zero-order valence-corrected chi connectivity index (χ0v) is 12.5. The first-order chi connectivity index (χ1) is 9.49. The van der Waals surface area contributed by atoms with Crippen LogP contribution in [0.5, 0.6) is 11.5 Å². The van der Waals surface area contributed by atoms with Gasteiger partial charge in [0.15, 0.2) is 17.6 Å². The Balaban J connectivity index is 2.78. The Morgan fingerprint density at radius 3 is 2.60 bits per heavy atom. The number of benzene rings is 1. The van der Waals surface area contributed by atoms with Crippen LogP contribution in [0.25, 0.3) is 0 Å². The van der Waals surface area contributed by atoms with E-state index < -0.39 is 12.2 Å². The number of carbonyl (C=O) groups excluding carboxylic acids is 1. The Labute approximate surface area is 119 Å². The van der Waals surface area contributed by atoms with Crippen molar-refractivity contribution in [3.05, 3.63) is 23.8 Å². The molecule has 1 amide bonds. The smallest absolute Gasteiger partial charge is 0.260 e. The number of aliphatic hydroxyl groups excluding tert-OH is 1. The van der Waals surface area contributed by atoms with Crippen LogP contribution >= 0.6 is 0 Å². The molecule has 20 heavy (non-hydrogen) atoms. The van der Waals surface area contributed by atoms with E-state index in [1.165, 1.54) is 7.11 Å². The van der Waals surface area contributed by atoms with Gasteiger partial charge >= 0.3 is 0 Å². The molecule has 0 aliphatic heterocycles. The largest absolute Gasteiger partial charge is 0.493 e. The van der Waals surface area contributed by atoms with Gasteiger partial charge in [-0.1, -0.05) is 13.0 Å². The summed E-state index contributed by atoms with van der Waals surface area (Å²) in [5.41, 5.74) is 0.734. The van der Waals surface area contributed by atoms with Crippen LogP contribution in [0.15, 0.2) is 18.2 Å². The molecule has 0 aliphatic carbocycles. The van der Waals surface area contributed by atoms with E-state index in [1.807, 2.05) is 6.92 Å². The second-order valence-electron chi connectivity index (χ2n) is 4.64. The molecule has 1 aromatic carbocycles. The minimum absolute atomic E-state index is 0.159. The summed E-state index contributed by atoms with van der Waals surface area (Å²) in [7, 11) is 1.52. The topological polar surface area (TPSA) is 67.8 Å². The highest BCUT2D eigenvalue weighted by Crippen LogP contribution is 2.30. The average molecular weight is 281 g/mol. The first-order valence-corrected chi connectivity index (χ1v) is 6.80. The van der Waals surface area contributed by atoms with Gasteiger partial charge < -0.3 is 19.9 Å². The molecule has 0 aromatic heterocycles. The molecule has 0 saturated carbocycles. The number of aliphatic hydroxyl groups is 1. The van der Waals surface area contributed by atoms with Gasteiger partial charge in [-0.15, -0.1) is 0 Å². The molecule has 1 aromatic rings. The molecule has 0 radical (unpaired) electrons. The summed E-state index contributed by atoms with van der Waals surface area (Å²) in [6, 6.07) is 5.15. The van der Waals surface area contributed by atoms with Crippen LogP contribution in [-0.2, 0) is 4.79 Å². The summed E-state index contributed by atoms with van der Waals surface area (Å²) in [4.78, 5) is 11.8. The molecule has 0 saturated heterocycles. The molecule has 112 valence electrons. The van der Waals surface area contributed by atoms with E-state index in [1.54, 1.807) is 32.0 Å². The number of methoxy groups -OCH3 is 1. The highest BCUT2D eigenvalue weighted by atomic mass is 16.5. The number of nitrogens with one attached hydrogen (secondary N) is 1. The zero-order valence-electron chi connectivity index (χ0n) is 12.5. The fraction of sp³-hybridized carbons (Fsp3) is 0.533. The van der Waals surface area contributed by atoms with Crippen molar-refractivity contribution in [2.45, 2.75) is 39.4 Å². The van der Waals surface area contributed by atoms with Crippen LogP contribution in [0.1, 0.15) is 38.9 Å². The monoisotopic (exact) mass is 281 g/mol. The van der Waals surface area contributed by atoms with E-state index >= 15 is 0 Å². The van der Waals surface area contributed by atoms with Crippen molar-refractivity contribution >= 4 is 5.91 Å². The first kappa shape index (κ1) is 16.3. The Kier molecular flexibility index (Phi) is 6.31. The number of hydrogen-bond donors (Lipinski definition) is 2. The Bertz CT molecular complexity index is 445. The lowest BCUT2D eigenvalue weighted by Gasteiger charge is -2.17. The molecule has 1 unspecified atom stereocenters. The van der Waals surface area contributed by atoms with Gasteiger partial charge in [-0.05, 0) is 38.0 Å². The number of amides is 1. The SMILES string of the molecule is CCCNC(=O)C(C)Oc1ccc([C@H](C)O)cc1OC. The van der Waals surface area contributed by atoms with Gasteiger partial charge in [0.1, 0.15) is 0 Å². The molecule has 5 nitrogen and oxygen atoms in total. The highest BCUT2D eigenvalue weighted by molar-refractivity contribution is 5.80. The van der Waals surface area contributed by atoms with Crippen molar-refractivity contribution in [3.63, 3.8) is 0 Å². The molecular weight excluding hydrogens is 258 g/mol. The summed E-state index contributed by atoms with van der Waals surface area (Å²) in [5, 5.41) is 12.3. The predicted molar refractivity (Wildman–Crippen MR) is 77.0 cm³/mol. The second-order valence-corrected chi connectivity index (χ2v) is 4.64. The van der Waals surface area contributed by atoms with Crippen molar-refractivity contribution in [2.75, 3.05) is 13.7 Å². The summed E-state index contributed by atoms with van der Waals surface area (Å²) in [5.74, 6) is 0.822. The van der Waals surface area contributed by atoms with E-state index in [4.69, 9.17) is 9.47 Å². The van der Waals surface area contributed by atoms with Crippen molar-refractivity contribution in [3.8, 4) is 11.5 Å². The quantitative estimate of drug-likeness (QED) is 0.802. The lowest BCUT2D eigenvalue weighted by Crippen LogP contribution is -2.36. The molecule has 0 spiro atoms. The predicted octanol–water partition coefficient (Wildman–Crippen LogP) is 2.04. The summed E-state index contributed by atoms with van der Waals surface area (Å²) in [6.45, 7) is 5.98. The standard InChI is InChI=1S/C15H23NO4/c1-5-8-16-15(18)11(3)20-13-7-6-12(10(2)17)9-14(13)19-4/h6-7,9-11,17H,5,8H2,1-4H3,(H,16,18)/t10-,11?/m0/s1. The van der Waals surface area contributed by atoms with E-state index in [-0.39, 0.29) is 5.91 Å². The lowest BCUT2D eigenvalue weighted by molar-refractivity contribution is -0.127. The maximum Gasteiger partial charge on any atom is 0.260 e. The summed E-state index contributed by atoms with van der Waals surface area (Å²) < 4.78 is 10.8. The Hall–Kier alpha value is -1.75. The fourth-order valence-corrected chi connectivity index (χ4v) is 1.68. The van der Waals surface area contributed by atoms with Crippen LogP contribution in [0, 0.1) is 0 Å². The van der Waals surface area contributed by atoms with Crippen LogP contribution in [0.3, 0.4) is 0 Å². The Morgan fingerprint density at radius 2 is 2.05 bits per heavy atom. The molecule has 2 N–H and O–H groups in total. The van der Waals surface area contributed by atoms with Gasteiger partial charge in [-0.3, -0.25) is 4.79 Å². The molecule has 2 atom stereocenters. The summed E-state index contributed by atoms with van der Waals surface area (Å²) >= 11 is 0. The van der Waals surface area contributed by atoms with Crippen LogP contribution in [-0.4, -0.2) is 30.8 Å². The molecule has 0 fully saturated rings. The minimum atomic E-state index is -0.604.